The summed E-state index contributed by atoms with van der Waals surface area (Å²) in [5.74, 6) is 0.643. The van der Waals surface area contributed by atoms with Crippen LogP contribution >= 0.6 is 80.8 Å². The van der Waals surface area contributed by atoms with E-state index in [2.05, 4.69) is 45.2 Å². The molecule has 134 valence electrons. The molecule has 2 aromatic carbocycles. The van der Waals surface area contributed by atoms with Crippen molar-refractivity contribution in [1.82, 2.24) is 0 Å². The standard InChI is InChI=1S/C18H12ClI2NO2S2/c1-2-24-16-10(7-12(20)9-14(16)21)8-15-17(23)22(18(25)26-15)13-5-3-11(19)4-6-13/h3-9H,2H2,1H3/b15-8-. The molecule has 3 rings (SSSR count). The summed E-state index contributed by atoms with van der Waals surface area (Å²) in [5, 5.41) is 0.615. The van der Waals surface area contributed by atoms with Gasteiger partial charge in [-0.2, -0.15) is 0 Å². The van der Waals surface area contributed by atoms with Gasteiger partial charge in [0.2, 0.25) is 0 Å². The van der Waals surface area contributed by atoms with Gasteiger partial charge in [0.1, 0.15) is 5.75 Å². The van der Waals surface area contributed by atoms with Gasteiger partial charge >= 0.3 is 0 Å². The molecular weight excluding hydrogens is 616 g/mol. The molecule has 0 unspecified atom stereocenters. The highest BCUT2D eigenvalue weighted by Crippen LogP contribution is 2.38. The quantitative estimate of drug-likeness (QED) is 0.225. The van der Waals surface area contributed by atoms with Crippen molar-refractivity contribution < 1.29 is 9.53 Å². The van der Waals surface area contributed by atoms with E-state index < -0.39 is 0 Å². The van der Waals surface area contributed by atoms with Gasteiger partial charge in [-0.15, -0.1) is 0 Å². The predicted octanol–water partition coefficient (Wildman–Crippen LogP) is 6.35. The van der Waals surface area contributed by atoms with Crippen LogP contribution in [-0.2, 0) is 4.79 Å². The van der Waals surface area contributed by atoms with Crippen molar-refractivity contribution in [3.63, 3.8) is 0 Å². The van der Waals surface area contributed by atoms with Gasteiger partial charge in [0, 0.05) is 14.2 Å². The number of amides is 1. The normalized spacial score (nSPS) is 15.8. The van der Waals surface area contributed by atoms with Crippen molar-refractivity contribution in [3.05, 3.63) is 59.0 Å². The lowest BCUT2D eigenvalue weighted by atomic mass is 10.2. The van der Waals surface area contributed by atoms with Gasteiger partial charge in [-0.25, -0.2) is 0 Å². The summed E-state index contributed by atoms with van der Waals surface area (Å²) in [7, 11) is 0. The minimum Gasteiger partial charge on any atom is -0.492 e. The Morgan fingerprint density at radius 3 is 2.62 bits per heavy atom. The smallest absolute Gasteiger partial charge is 0.270 e. The number of nitrogens with zero attached hydrogens (tertiary/aromatic N) is 1. The van der Waals surface area contributed by atoms with E-state index in [1.54, 1.807) is 24.3 Å². The summed E-state index contributed by atoms with van der Waals surface area (Å²) in [4.78, 5) is 15.0. The van der Waals surface area contributed by atoms with Crippen LogP contribution in [0.4, 0.5) is 5.69 Å². The first-order chi connectivity index (χ1) is 12.4. The molecule has 0 aliphatic carbocycles. The molecule has 0 bridgehead atoms. The fourth-order valence-corrected chi connectivity index (χ4v) is 5.87. The van der Waals surface area contributed by atoms with Crippen molar-refractivity contribution in [2.75, 3.05) is 11.5 Å². The van der Waals surface area contributed by atoms with E-state index in [4.69, 9.17) is 28.6 Å². The van der Waals surface area contributed by atoms with Crippen molar-refractivity contribution in [2.45, 2.75) is 6.92 Å². The van der Waals surface area contributed by atoms with Crippen LogP contribution in [0.15, 0.2) is 41.3 Å². The fraction of sp³-hybridized carbons (Fsp3) is 0.111. The monoisotopic (exact) mass is 627 g/mol. The van der Waals surface area contributed by atoms with Crippen LogP contribution in [0.25, 0.3) is 6.08 Å². The molecule has 0 aromatic heterocycles. The molecule has 1 fully saturated rings. The first-order valence-corrected chi connectivity index (χ1v) is 11.3. The fourth-order valence-electron chi connectivity index (χ4n) is 2.41. The van der Waals surface area contributed by atoms with E-state index in [1.165, 1.54) is 16.7 Å². The Balaban J connectivity index is 1.99. The Bertz CT molecular complexity index is 916. The number of hydrogen-bond acceptors (Lipinski definition) is 4. The van der Waals surface area contributed by atoms with Crippen molar-refractivity contribution >= 4 is 103 Å². The van der Waals surface area contributed by atoms with Gasteiger partial charge in [-0.05, 0) is 94.6 Å². The average Bonchev–Trinajstić information content (AvgIpc) is 2.86. The minimum atomic E-state index is -0.140. The lowest BCUT2D eigenvalue weighted by molar-refractivity contribution is -0.113. The molecule has 8 heteroatoms. The van der Waals surface area contributed by atoms with Crippen LogP contribution in [0.5, 0.6) is 5.75 Å². The first-order valence-electron chi connectivity index (χ1n) is 7.56. The molecule has 26 heavy (non-hydrogen) atoms. The number of thiocarbonyl (C=S) groups is 1. The molecule has 0 N–H and O–H groups in total. The number of rotatable bonds is 4. The predicted molar refractivity (Wildman–Crippen MR) is 130 cm³/mol. The van der Waals surface area contributed by atoms with Gasteiger partial charge in [0.05, 0.1) is 20.8 Å². The molecular formula is C18H12ClI2NO2S2. The zero-order valence-electron chi connectivity index (χ0n) is 13.5. The summed E-state index contributed by atoms with van der Waals surface area (Å²) in [6.45, 7) is 2.50. The summed E-state index contributed by atoms with van der Waals surface area (Å²) in [6.07, 6.45) is 1.85. The SMILES string of the molecule is CCOc1c(I)cc(I)cc1/C=C1\SC(=S)N(c2ccc(Cl)cc2)C1=O. The third kappa shape index (κ3) is 4.37. The van der Waals surface area contributed by atoms with Crippen LogP contribution in [0.3, 0.4) is 0 Å². The molecule has 1 aliphatic heterocycles. The second kappa shape index (κ2) is 8.76. The van der Waals surface area contributed by atoms with E-state index in [0.29, 0.717) is 26.5 Å². The number of thioether (sulfide) groups is 1. The lowest BCUT2D eigenvalue weighted by Crippen LogP contribution is -2.27. The first kappa shape index (κ1) is 20.4. The van der Waals surface area contributed by atoms with Crippen molar-refractivity contribution in [2.24, 2.45) is 0 Å². The summed E-state index contributed by atoms with van der Waals surface area (Å²) in [5.41, 5.74) is 1.59. The molecule has 1 saturated heterocycles. The van der Waals surface area contributed by atoms with Gasteiger partial charge in [0.25, 0.3) is 5.91 Å². The topological polar surface area (TPSA) is 29.5 Å². The van der Waals surface area contributed by atoms with Crippen LogP contribution in [0.2, 0.25) is 5.02 Å². The van der Waals surface area contributed by atoms with Gasteiger partial charge in [0.15, 0.2) is 4.32 Å². The van der Waals surface area contributed by atoms with Crippen molar-refractivity contribution in [1.29, 1.82) is 0 Å². The molecule has 1 heterocycles. The van der Waals surface area contributed by atoms with Gasteiger partial charge in [-0.1, -0.05) is 35.6 Å². The lowest BCUT2D eigenvalue weighted by Gasteiger charge is -2.14. The zero-order valence-corrected chi connectivity index (χ0v) is 20.2. The maximum Gasteiger partial charge on any atom is 0.270 e. The van der Waals surface area contributed by atoms with Gasteiger partial charge < -0.3 is 4.74 Å². The van der Waals surface area contributed by atoms with E-state index in [-0.39, 0.29) is 5.91 Å². The van der Waals surface area contributed by atoms with E-state index >= 15 is 0 Å². The number of carbonyl (C=O) groups excluding carboxylic acids is 1. The summed E-state index contributed by atoms with van der Waals surface area (Å²) >= 11 is 17.2. The average molecular weight is 628 g/mol. The molecule has 3 nitrogen and oxygen atoms in total. The highest BCUT2D eigenvalue weighted by molar-refractivity contribution is 14.1. The van der Waals surface area contributed by atoms with Crippen LogP contribution in [-0.4, -0.2) is 16.8 Å². The molecule has 0 spiro atoms. The Hall–Kier alpha value is -0.360. The number of hydrogen-bond donors (Lipinski definition) is 0. The Morgan fingerprint density at radius 1 is 1.27 bits per heavy atom. The molecule has 0 saturated carbocycles. The van der Waals surface area contributed by atoms with Gasteiger partial charge in [-0.3, -0.25) is 9.69 Å². The Morgan fingerprint density at radius 2 is 1.96 bits per heavy atom. The van der Waals surface area contributed by atoms with Crippen LogP contribution in [0, 0.1) is 7.14 Å². The van der Waals surface area contributed by atoms with Crippen LogP contribution < -0.4 is 9.64 Å². The summed E-state index contributed by atoms with van der Waals surface area (Å²) in [6, 6.07) is 11.1. The molecule has 0 atom stereocenters. The largest absolute Gasteiger partial charge is 0.492 e. The molecule has 1 amide bonds. The maximum atomic E-state index is 12.9. The third-order valence-corrected chi connectivity index (χ3v) is 6.47. The number of anilines is 1. The maximum absolute atomic E-state index is 12.9. The molecule has 2 aromatic rings. The van der Waals surface area contributed by atoms with E-state index in [0.717, 1.165) is 18.5 Å². The Kier molecular flexibility index (Phi) is 6.87. The Labute approximate surface area is 193 Å². The number of carbonyl (C=O) groups is 1. The number of ether oxygens (including phenoxy) is 1. The highest BCUT2D eigenvalue weighted by atomic mass is 127. The van der Waals surface area contributed by atoms with E-state index in [1.807, 2.05) is 25.1 Å². The summed E-state index contributed by atoms with van der Waals surface area (Å²) < 4.78 is 8.37. The zero-order chi connectivity index (χ0) is 18.8. The number of benzene rings is 2. The minimum absolute atomic E-state index is 0.140. The third-order valence-electron chi connectivity index (χ3n) is 3.49. The van der Waals surface area contributed by atoms with Crippen molar-refractivity contribution in [3.8, 4) is 5.75 Å². The number of halogens is 3. The highest BCUT2D eigenvalue weighted by Gasteiger charge is 2.33. The van der Waals surface area contributed by atoms with E-state index in [9.17, 15) is 4.79 Å². The second-order valence-electron chi connectivity index (χ2n) is 5.23. The molecule has 1 aliphatic rings. The molecule has 0 radical (unpaired) electrons. The second-order valence-corrected chi connectivity index (χ2v) is 9.75. The van der Waals surface area contributed by atoms with Crippen LogP contribution in [0.1, 0.15) is 12.5 Å².